The number of rotatable bonds is 0. The van der Waals surface area contributed by atoms with Crippen LogP contribution in [0.25, 0.3) is 0 Å². The Morgan fingerprint density at radius 1 is 0.895 bits per heavy atom. The van der Waals surface area contributed by atoms with Crippen molar-refractivity contribution in [3.63, 3.8) is 0 Å². The van der Waals surface area contributed by atoms with Crippen molar-refractivity contribution in [2.24, 2.45) is 4.99 Å². The van der Waals surface area contributed by atoms with E-state index in [0.29, 0.717) is 6.42 Å². The summed E-state index contributed by atoms with van der Waals surface area (Å²) in [5.74, 6) is 0.193. The van der Waals surface area contributed by atoms with Crippen LogP contribution < -0.4 is 0 Å². The molecule has 3 rings (SSSR count). The highest BCUT2D eigenvalue weighted by Crippen LogP contribution is 2.16. The van der Waals surface area contributed by atoms with E-state index in [-0.39, 0.29) is 5.78 Å². The van der Waals surface area contributed by atoms with Crippen LogP contribution in [-0.4, -0.2) is 18.5 Å². The molecule has 1 aliphatic heterocycles. The lowest BCUT2D eigenvalue weighted by atomic mass is 9.94. The van der Waals surface area contributed by atoms with E-state index in [2.05, 4.69) is 4.99 Å². The summed E-state index contributed by atoms with van der Waals surface area (Å²) in [6, 6.07) is 15.8. The number of Topliss-reactive ketones (excluding diaryl/α,β-unsaturated/α-hetero) is 1. The molecule has 2 nitrogen and oxygen atoms in total. The number of carbonyl (C=O) groups excluding carboxylic acids is 1. The summed E-state index contributed by atoms with van der Waals surface area (Å²) in [5, 5.41) is 0. The summed E-state index contributed by atoms with van der Waals surface area (Å²) in [7, 11) is 0. The average molecular weight is 249 g/mol. The van der Waals surface area contributed by atoms with E-state index in [0.717, 1.165) is 35.2 Å². The third-order valence-electron chi connectivity index (χ3n) is 3.46. The van der Waals surface area contributed by atoms with E-state index in [9.17, 15) is 4.79 Å². The first-order chi connectivity index (χ1) is 9.34. The van der Waals surface area contributed by atoms with E-state index in [1.54, 1.807) is 0 Å². The van der Waals surface area contributed by atoms with Crippen molar-refractivity contribution in [2.45, 2.75) is 12.8 Å². The first-order valence-corrected chi connectivity index (χ1v) is 6.53. The maximum Gasteiger partial charge on any atom is 0.167 e. The average Bonchev–Trinajstić information content (AvgIpc) is 2.45. The number of fused-ring (bicyclic) bond motifs is 2. The topological polar surface area (TPSA) is 29.4 Å². The predicted molar refractivity (Wildman–Crippen MR) is 77.1 cm³/mol. The number of nitrogens with zero attached hydrogens (tertiary/aromatic N) is 1. The van der Waals surface area contributed by atoms with Gasteiger partial charge in [0, 0.05) is 24.7 Å². The van der Waals surface area contributed by atoms with E-state index < -0.39 is 0 Å². The number of carbonyl (C=O) groups is 1. The minimum absolute atomic E-state index is 0.193. The van der Waals surface area contributed by atoms with Gasteiger partial charge in [0.25, 0.3) is 0 Å². The molecule has 2 aromatic carbocycles. The van der Waals surface area contributed by atoms with Gasteiger partial charge < -0.3 is 0 Å². The van der Waals surface area contributed by atoms with Crippen molar-refractivity contribution in [2.75, 3.05) is 6.54 Å². The molecular formula is C17H15NO. The van der Waals surface area contributed by atoms with Gasteiger partial charge in [0.2, 0.25) is 0 Å². The van der Waals surface area contributed by atoms with E-state index in [1.165, 1.54) is 0 Å². The molecule has 2 heteroatoms. The second-order valence-electron chi connectivity index (χ2n) is 4.74. The van der Waals surface area contributed by atoms with Crippen molar-refractivity contribution in [1.29, 1.82) is 0 Å². The Hall–Kier alpha value is -2.22. The lowest BCUT2D eigenvalue weighted by molar-refractivity contribution is 0.0992. The van der Waals surface area contributed by atoms with Crippen molar-refractivity contribution in [1.82, 2.24) is 0 Å². The van der Waals surface area contributed by atoms with Crippen molar-refractivity contribution < 1.29 is 4.79 Å². The van der Waals surface area contributed by atoms with Crippen LogP contribution in [-0.2, 0) is 12.8 Å². The van der Waals surface area contributed by atoms with E-state index in [4.69, 9.17) is 0 Å². The molecule has 0 bridgehead atoms. The zero-order chi connectivity index (χ0) is 13.1. The quantitative estimate of drug-likeness (QED) is 0.705. The summed E-state index contributed by atoms with van der Waals surface area (Å²) < 4.78 is 0. The van der Waals surface area contributed by atoms with Gasteiger partial charge in [-0.25, -0.2) is 0 Å². The molecule has 0 amide bonds. The van der Waals surface area contributed by atoms with Crippen LogP contribution >= 0.6 is 0 Å². The van der Waals surface area contributed by atoms with Crippen molar-refractivity contribution in [3.05, 3.63) is 70.8 Å². The minimum Gasteiger partial charge on any atom is -0.294 e. The van der Waals surface area contributed by atoms with Gasteiger partial charge in [0.05, 0.1) is 0 Å². The molecule has 0 saturated heterocycles. The van der Waals surface area contributed by atoms with Gasteiger partial charge in [0.1, 0.15) is 0 Å². The van der Waals surface area contributed by atoms with E-state index >= 15 is 0 Å². The SMILES string of the molecule is O=C1Cc2ccccc2/C=N/CCc2ccccc21. The third-order valence-corrected chi connectivity index (χ3v) is 3.46. The monoisotopic (exact) mass is 249 g/mol. The highest BCUT2D eigenvalue weighted by Gasteiger charge is 2.13. The van der Waals surface area contributed by atoms with Crippen LogP contribution in [0.2, 0.25) is 0 Å². The lowest BCUT2D eigenvalue weighted by Crippen LogP contribution is -2.10. The number of hydrogen-bond acceptors (Lipinski definition) is 2. The highest BCUT2D eigenvalue weighted by molar-refractivity contribution is 6.00. The Labute approximate surface area is 112 Å². The van der Waals surface area contributed by atoms with Crippen molar-refractivity contribution in [3.8, 4) is 0 Å². The fourth-order valence-electron chi connectivity index (χ4n) is 2.45. The van der Waals surface area contributed by atoms with Gasteiger partial charge in [-0.05, 0) is 23.1 Å². The molecule has 0 unspecified atom stereocenters. The van der Waals surface area contributed by atoms with Crippen LogP contribution in [0.1, 0.15) is 27.0 Å². The molecule has 2 aromatic rings. The van der Waals surface area contributed by atoms with Gasteiger partial charge in [-0.15, -0.1) is 0 Å². The Bertz CT molecular complexity index is 643. The predicted octanol–water partition coefficient (Wildman–Crippen LogP) is 3.09. The fraction of sp³-hybridized carbons (Fsp3) is 0.176. The van der Waals surface area contributed by atoms with Crippen LogP contribution in [0.4, 0.5) is 0 Å². The molecule has 0 radical (unpaired) electrons. The van der Waals surface area contributed by atoms with Gasteiger partial charge in [-0.2, -0.15) is 0 Å². The Kier molecular flexibility index (Phi) is 3.23. The molecule has 1 heterocycles. The molecule has 19 heavy (non-hydrogen) atoms. The fourth-order valence-corrected chi connectivity index (χ4v) is 2.45. The number of hydrogen-bond donors (Lipinski definition) is 0. The first kappa shape index (κ1) is 11.8. The molecule has 0 fully saturated rings. The normalized spacial score (nSPS) is 16.3. The zero-order valence-electron chi connectivity index (χ0n) is 10.7. The smallest absolute Gasteiger partial charge is 0.167 e. The molecule has 0 spiro atoms. The standard InChI is InChI=1S/C17H15NO/c19-17-11-14-6-1-2-7-15(14)12-18-10-9-13-5-3-4-8-16(13)17/h1-8,12H,9-11H2/b18-12+. The number of aliphatic imine (C=N–C) groups is 1. The first-order valence-electron chi connectivity index (χ1n) is 6.53. The van der Waals surface area contributed by atoms with Crippen LogP contribution in [0.5, 0.6) is 0 Å². The van der Waals surface area contributed by atoms with Crippen LogP contribution in [0.3, 0.4) is 0 Å². The van der Waals surface area contributed by atoms with Crippen LogP contribution in [0, 0.1) is 0 Å². The van der Waals surface area contributed by atoms with Crippen molar-refractivity contribution >= 4 is 12.0 Å². The van der Waals surface area contributed by atoms with Gasteiger partial charge >= 0.3 is 0 Å². The largest absolute Gasteiger partial charge is 0.294 e. The summed E-state index contributed by atoms with van der Waals surface area (Å²) in [6.45, 7) is 0.721. The molecule has 1 aliphatic rings. The van der Waals surface area contributed by atoms with Crippen LogP contribution in [0.15, 0.2) is 53.5 Å². The summed E-state index contributed by atoms with van der Waals surface area (Å²) in [6.07, 6.45) is 3.15. The molecule has 0 atom stereocenters. The van der Waals surface area contributed by atoms with Gasteiger partial charge in [-0.1, -0.05) is 48.5 Å². The molecule has 0 aromatic heterocycles. The summed E-state index contributed by atoms with van der Waals surface area (Å²) >= 11 is 0. The molecular weight excluding hydrogens is 234 g/mol. The molecule has 0 N–H and O–H groups in total. The number of benzene rings is 2. The second-order valence-corrected chi connectivity index (χ2v) is 4.74. The lowest BCUT2D eigenvalue weighted by Gasteiger charge is -2.11. The second kappa shape index (κ2) is 5.19. The summed E-state index contributed by atoms with van der Waals surface area (Å²) in [5.41, 5.74) is 4.04. The Morgan fingerprint density at radius 3 is 2.53 bits per heavy atom. The Balaban J connectivity index is 2.06. The number of ketones is 1. The molecule has 94 valence electrons. The zero-order valence-corrected chi connectivity index (χ0v) is 10.7. The van der Waals surface area contributed by atoms with Gasteiger partial charge in [0.15, 0.2) is 5.78 Å². The van der Waals surface area contributed by atoms with E-state index in [1.807, 2.05) is 54.7 Å². The molecule has 0 aliphatic carbocycles. The maximum atomic E-state index is 12.4. The summed E-state index contributed by atoms with van der Waals surface area (Å²) in [4.78, 5) is 16.9. The highest BCUT2D eigenvalue weighted by atomic mass is 16.1. The van der Waals surface area contributed by atoms with Gasteiger partial charge in [-0.3, -0.25) is 9.79 Å². The third kappa shape index (κ3) is 2.48. The Morgan fingerprint density at radius 2 is 1.63 bits per heavy atom. The maximum absolute atomic E-state index is 12.4. The minimum atomic E-state index is 0.193. The molecule has 0 saturated carbocycles.